The number of thioether (sulfide) groups is 1. The number of amides is 1. The van der Waals surface area contributed by atoms with Gasteiger partial charge in [0.05, 0.1) is 0 Å². The lowest BCUT2D eigenvalue weighted by molar-refractivity contribution is -0.130. The van der Waals surface area contributed by atoms with Gasteiger partial charge in [0.2, 0.25) is 5.91 Å². The van der Waals surface area contributed by atoms with E-state index in [1.807, 2.05) is 33.3 Å². The second-order valence-electron chi connectivity index (χ2n) is 4.57. The van der Waals surface area contributed by atoms with E-state index in [9.17, 15) is 4.79 Å². The highest BCUT2D eigenvalue weighted by atomic mass is 33.1. The molecule has 0 bridgehead atoms. The fourth-order valence-corrected chi connectivity index (χ4v) is 6.11. The number of carbonyl (C=O) groups is 1. The Bertz CT molecular complexity index is 238. The Balaban J connectivity index is 1.53. The van der Waals surface area contributed by atoms with Crippen LogP contribution >= 0.6 is 33.3 Å². The summed E-state index contributed by atoms with van der Waals surface area (Å²) in [5, 5.41) is 0.862. The van der Waals surface area contributed by atoms with E-state index in [-0.39, 0.29) is 0 Å². The first kappa shape index (κ1) is 13.9. The van der Waals surface area contributed by atoms with Crippen LogP contribution in [0, 0.1) is 0 Å². The summed E-state index contributed by atoms with van der Waals surface area (Å²) in [7, 11) is 4.06. The Morgan fingerprint density at radius 2 is 2.00 bits per heavy atom. The molecule has 0 aromatic heterocycles. The first-order chi connectivity index (χ1) is 8.36. The summed E-state index contributed by atoms with van der Waals surface area (Å²) in [6.45, 7) is 1.94. The summed E-state index contributed by atoms with van der Waals surface area (Å²) >= 11 is 1.96. The third kappa shape index (κ3) is 4.95. The number of hydrogen-bond donors (Lipinski definition) is 0. The maximum absolute atomic E-state index is 11.9. The van der Waals surface area contributed by atoms with Crippen molar-refractivity contribution in [2.75, 3.05) is 30.3 Å². The molecular weight excluding hydrogens is 270 g/mol. The van der Waals surface area contributed by atoms with Gasteiger partial charge in [0.25, 0.3) is 0 Å². The molecule has 17 heavy (non-hydrogen) atoms. The van der Waals surface area contributed by atoms with Crippen LogP contribution in [-0.2, 0) is 4.79 Å². The Labute approximate surface area is 116 Å². The van der Waals surface area contributed by atoms with Gasteiger partial charge >= 0.3 is 0 Å². The summed E-state index contributed by atoms with van der Waals surface area (Å²) in [4.78, 5) is 14.0. The van der Waals surface area contributed by atoms with Gasteiger partial charge < -0.3 is 4.90 Å². The lowest BCUT2D eigenvalue weighted by Gasteiger charge is -2.26. The van der Waals surface area contributed by atoms with E-state index in [0.29, 0.717) is 5.91 Å². The minimum absolute atomic E-state index is 0.388. The molecule has 2 rings (SSSR count). The molecular formula is C12H21NOS3. The van der Waals surface area contributed by atoms with Crippen LogP contribution in [0.2, 0.25) is 0 Å². The van der Waals surface area contributed by atoms with E-state index in [1.165, 1.54) is 25.0 Å². The largest absolute Gasteiger partial charge is 0.341 e. The van der Waals surface area contributed by atoms with Gasteiger partial charge in [-0.3, -0.25) is 4.79 Å². The van der Waals surface area contributed by atoms with Crippen molar-refractivity contribution in [3.8, 4) is 0 Å². The molecule has 0 spiro atoms. The van der Waals surface area contributed by atoms with Gasteiger partial charge in [-0.15, -0.1) is 0 Å². The highest BCUT2D eigenvalue weighted by Crippen LogP contribution is 2.39. The van der Waals surface area contributed by atoms with Crippen LogP contribution < -0.4 is 0 Å². The lowest BCUT2D eigenvalue weighted by Crippen LogP contribution is -2.37. The van der Waals surface area contributed by atoms with Crippen LogP contribution in [0.5, 0.6) is 0 Å². The highest BCUT2D eigenvalue weighted by Gasteiger charge is 2.18. The topological polar surface area (TPSA) is 20.3 Å². The van der Waals surface area contributed by atoms with Crippen molar-refractivity contribution in [1.29, 1.82) is 0 Å². The molecule has 1 atom stereocenters. The summed E-state index contributed by atoms with van der Waals surface area (Å²) < 4.78 is 0. The molecule has 0 N–H and O–H groups in total. The fourth-order valence-electron chi connectivity index (χ4n) is 2.18. The van der Waals surface area contributed by atoms with Crippen LogP contribution in [-0.4, -0.2) is 46.4 Å². The maximum Gasteiger partial charge on any atom is 0.222 e. The Morgan fingerprint density at radius 1 is 1.18 bits per heavy atom. The smallest absolute Gasteiger partial charge is 0.222 e. The Morgan fingerprint density at radius 3 is 2.71 bits per heavy atom. The Hall–Kier alpha value is 0.520. The molecule has 5 heteroatoms. The maximum atomic E-state index is 11.9. The molecule has 2 fully saturated rings. The van der Waals surface area contributed by atoms with Gasteiger partial charge in [0.15, 0.2) is 0 Å². The molecule has 2 aliphatic rings. The number of hydrogen-bond acceptors (Lipinski definition) is 4. The first-order valence-corrected chi connectivity index (χ1v) is 10.0. The van der Waals surface area contributed by atoms with Crippen LogP contribution in [0.4, 0.5) is 0 Å². The number of unbranched alkanes of at least 4 members (excludes halogenated alkanes) is 1. The van der Waals surface area contributed by atoms with E-state index in [4.69, 9.17) is 0 Å². The zero-order valence-electron chi connectivity index (χ0n) is 10.2. The Kier molecular flexibility index (Phi) is 6.43. The summed E-state index contributed by atoms with van der Waals surface area (Å²) in [6.07, 6.45) is 5.76. The SMILES string of the molecule is O=C(CCCCC1CCSS1)N1CCSCC1. The van der Waals surface area contributed by atoms with Gasteiger partial charge in [-0.25, -0.2) is 0 Å². The molecule has 0 aliphatic carbocycles. The van der Waals surface area contributed by atoms with Crippen molar-refractivity contribution in [2.45, 2.75) is 37.4 Å². The second-order valence-corrected chi connectivity index (χ2v) is 8.58. The quantitative estimate of drug-likeness (QED) is 0.572. The standard InChI is InChI=1S/C12H21NOS3/c14-12(13-6-9-15-10-7-13)4-2-1-3-11-5-8-16-17-11/h11H,1-10H2. The zero-order valence-corrected chi connectivity index (χ0v) is 12.7. The molecule has 2 aliphatic heterocycles. The van der Waals surface area contributed by atoms with Gasteiger partial charge in [-0.2, -0.15) is 11.8 Å². The lowest BCUT2D eigenvalue weighted by atomic mass is 10.1. The minimum Gasteiger partial charge on any atom is -0.341 e. The molecule has 0 saturated carbocycles. The van der Waals surface area contributed by atoms with Crippen molar-refractivity contribution in [2.24, 2.45) is 0 Å². The summed E-state index contributed by atoms with van der Waals surface area (Å²) in [6, 6.07) is 0. The predicted octanol–water partition coefficient (Wildman–Crippen LogP) is 3.28. The molecule has 1 unspecified atom stereocenters. The average Bonchev–Trinajstić information content (AvgIpc) is 2.88. The normalized spacial score (nSPS) is 25.2. The van der Waals surface area contributed by atoms with Gasteiger partial charge in [-0.05, 0) is 19.3 Å². The number of rotatable bonds is 5. The van der Waals surface area contributed by atoms with Crippen LogP contribution in [0.25, 0.3) is 0 Å². The average molecular weight is 292 g/mol. The molecule has 2 heterocycles. The molecule has 0 aromatic rings. The summed E-state index contributed by atoms with van der Waals surface area (Å²) in [5.74, 6) is 3.96. The van der Waals surface area contributed by atoms with Gasteiger partial charge in [0.1, 0.15) is 0 Å². The fraction of sp³-hybridized carbons (Fsp3) is 0.917. The van der Waals surface area contributed by atoms with Crippen LogP contribution in [0.15, 0.2) is 0 Å². The van der Waals surface area contributed by atoms with Crippen LogP contribution in [0.3, 0.4) is 0 Å². The van der Waals surface area contributed by atoms with Gasteiger partial charge in [0, 0.05) is 42.0 Å². The van der Waals surface area contributed by atoms with E-state index in [1.54, 1.807) is 0 Å². The predicted molar refractivity (Wildman–Crippen MR) is 80.8 cm³/mol. The van der Waals surface area contributed by atoms with E-state index in [2.05, 4.69) is 4.90 Å². The molecule has 2 saturated heterocycles. The van der Waals surface area contributed by atoms with Crippen molar-refractivity contribution in [1.82, 2.24) is 4.90 Å². The minimum atomic E-state index is 0.388. The van der Waals surface area contributed by atoms with E-state index in [0.717, 1.165) is 42.7 Å². The molecule has 1 amide bonds. The summed E-state index contributed by atoms with van der Waals surface area (Å²) in [5.41, 5.74) is 0. The first-order valence-electron chi connectivity index (χ1n) is 6.50. The third-order valence-corrected chi connectivity index (χ3v) is 7.21. The van der Waals surface area contributed by atoms with E-state index < -0.39 is 0 Å². The highest BCUT2D eigenvalue weighted by molar-refractivity contribution is 8.77. The van der Waals surface area contributed by atoms with Crippen molar-refractivity contribution in [3.05, 3.63) is 0 Å². The second kappa shape index (κ2) is 7.85. The third-order valence-electron chi connectivity index (χ3n) is 3.26. The number of carbonyl (C=O) groups excluding carboxylic acids is 1. The zero-order chi connectivity index (χ0) is 11.9. The molecule has 2 nitrogen and oxygen atoms in total. The molecule has 0 aromatic carbocycles. The van der Waals surface area contributed by atoms with Crippen molar-refractivity contribution in [3.63, 3.8) is 0 Å². The van der Waals surface area contributed by atoms with Gasteiger partial charge in [-0.1, -0.05) is 28.0 Å². The van der Waals surface area contributed by atoms with Crippen molar-refractivity contribution >= 4 is 39.3 Å². The van der Waals surface area contributed by atoms with Crippen molar-refractivity contribution < 1.29 is 4.79 Å². The number of nitrogens with zero attached hydrogens (tertiary/aromatic N) is 1. The van der Waals surface area contributed by atoms with Crippen LogP contribution in [0.1, 0.15) is 32.1 Å². The van der Waals surface area contributed by atoms with E-state index >= 15 is 0 Å². The molecule has 0 radical (unpaired) electrons. The monoisotopic (exact) mass is 291 g/mol. The molecule has 98 valence electrons.